The number of ether oxygens (including phenoxy) is 2. The van der Waals surface area contributed by atoms with Crippen molar-refractivity contribution >= 4 is 22.8 Å². The van der Waals surface area contributed by atoms with Crippen LogP contribution in [0.3, 0.4) is 0 Å². The molecule has 18 heavy (non-hydrogen) atoms. The van der Waals surface area contributed by atoms with Crippen molar-refractivity contribution in [1.29, 1.82) is 0 Å². The van der Waals surface area contributed by atoms with E-state index in [0.29, 0.717) is 27.6 Å². The Morgan fingerprint density at radius 2 is 1.89 bits per heavy atom. The highest BCUT2D eigenvalue weighted by Crippen LogP contribution is 2.31. The lowest BCUT2D eigenvalue weighted by Gasteiger charge is -2.08. The third kappa shape index (κ3) is 2.17. The number of methoxy groups -OCH3 is 2. The summed E-state index contributed by atoms with van der Waals surface area (Å²) in [5, 5.41) is 1.81. The zero-order valence-electron chi connectivity index (χ0n) is 10.1. The van der Waals surface area contributed by atoms with Crippen molar-refractivity contribution in [3.8, 4) is 11.5 Å². The molecule has 94 valence electrons. The maximum absolute atomic E-state index is 12.4. The van der Waals surface area contributed by atoms with Crippen LogP contribution in [0.2, 0.25) is 0 Å². The van der Waals surface area contributed by atoms with E-state index in [2.05, 4.69) is 0 Å². The molecular formula is C13H13NO3S. The number of hydrogen-bond acceptors (Lipinski definition) is 5. The molecule has 2 N–H and O–H groups in total. The van der Waals surface area contributed by atoms with E-state index in [1.165, 1.54) is 25.6 Å². The minimum atomic E-state index is -0.147. The quantitative estimate of drug-likeness (QED) is 0.680. The van der Waals surface area contributed by atoms with E-state index in [1.54, 1.807) is 24.3 Å². The van der Waals surface area contributed by atoms with E-state index in [0.717, 1.165) is 0 Å². The number of nitrogen functional groups attached to an aromatic ring is 1. The summed E-state index contributed by atoms with van der Waals surface area (Å²) in [4.78, 5) is 13.0. The number of hydrogen-bond donors (Lipinski definition) is 1. The summed E-state index contributed by atoms with van der Waals surface area (Å²) in [5.74, 6) is 0.921. The molecule has 0 bridgehead atoms. The molecule has 2 rings (SSSR count). The number of carbonyl (C=O) groups is 1. The summed E-state index contributed by atoms with van der Waals surface area (Å²) >= 11 is 1.33. The minimum Gasteiger partial charge on any atom is -0.496 e. The summed E-state index contributed by atoms with van der Waals surface area (Å²) in [6, 6.07) is 6.75. The molecule has 4 nitrogen and oxygen atoms in total. The smallest absolute Gasteiger partial charge is 0.210 e. The highest BCUT2D eigenvalue weighted by Gasteiger charge is 2.19. The van der Waals surface area contributed by atoms with Gasteiger partial charge in [-0.3, -0.25) is 4.79 Å². The van der Waals surface area contributed by atoms with Crippen LogP contribution in [0.15, 0.2) is 29.6 Å². The van der Waals surface area contributed by atoms with Crippen molar-refractivity contribution in [2.24, 2.45) is 0 Å². The zero-order valence-corrected chi connectivity index (χ0v) is 10.9. The molecule has 0 spiro atoms. The van der Waals surface area contributed by atoms with Gasteiger partial charge >= 0.3 is 0 Å². The zero-order chi connectivity index (χ0) is 13.1. The number of anilines is 1. The van der Waals surface area contributed by atoms with Crippen LogP contribution >= 0.6 is 11.3 Å². The van der Waals surface area contributed by atoms with Crippen LogP contribution in [-0.4, -0.2) is 20.0 Å². The number of benzene rings is 1. The largest absolute Gasteiger partial charge is 0.496 e. The fraction of sp³-hybridized carbons (Fsp3) is 0.154. The fourth-order valence-electron chi connectivity index (χ4n) is 1.65. The standard InChI is InChI=1S/C13H13NO3S/c1-16-10-4-3-8(14)7-9(10)12(15)13-11(17-2)5-6-18-13/h3-7H,14H2,1-2H3. The Morgan fingerprint density at radius 1 is 1.17 bits per heavy atom. The van der Waals surface area contributed by atoms with E-state index >= 15 is 0 Å². The predicted octanol–water partition coefficient (Wildman–Crippen LogP) is 2.58. The molecule has 0 atom stereocenters. The topological polar surface area (TPSA) is 61.5 Å². The van der Waals surface area contributed by atoms with Gasteiger partial charge in [0.05, 0.1) is 19.8 Å². The van der Waals surface area contributed by atoms with Crippen molar-refractivity contribution in [2.75, 3.05) is 20.0 Å². The van der Waals surface area contributed by atoms with Crippen molar-refractivity contribution in [2.45, 2.75) is 0 Å². The molecule has 0 amide bonds. The Kier molecular flexibility index (Phi) is 3.53. The summed E-state index contributed by atoms with van der Waals surface area (Å²) in [6.07, 6.45) is 0. The van der Waals surface area contributed by atoms with Gasteiger partial charge in [-0.15, -0.1) is 11.3 Å². The molecule has 5 heteroatoms. The summed E-state index contributed by atoms with van der Waals surface area (Å²) in [7, 11) is 3.06. The molecule has 0 aliphatic heterocycles. The van der Waals surface area contributed by atoms with E-state index in [-0.39, 0.29) is 5.78 Å². The molecule has 1 aromatic heterocycles. The average Bonchev–Trinajstić information content (AvgIpc) is 2.86. The van der Waals surface area contributed by atoms with E-state index < -0.39 is 0 Å². The Hall–Kier alpha value is -2.01. The van der Waals surface area contributed by atoms with Crippen LogP contribution in [0.4, 0.5) is 5.69 Å². The van der Waals surface area contributed by atoms with Gasteiger partial charge in [0.15, 0.2) is 0 Å². The van der Waals surface area contributed by atoms with Gasteiger partial charge in [0.1, 0.15) is 16.4 Å². The number of ketones is 1. The lowest BCUT2D eigenvalue weighted by molar-refractivity contribution is 0.103. The van der Waals surface area contributed by atoms with E-state index in [1.807, 2.05) is 5.38 Å². The minimum absolute atomic E-state index is 0.147. The monoisotopic (exact) mass is 263 g/mol. The Labute approximate surface area is 109 Å². The van der Waals surface area contributed by atoms with Crippen LogP contribution < -0.4 is 15.2 Å². The molecule has 0 radical (unpaired) electrons. The van der Waals surface area contributed by atoms with Crippen molar-refractivity contribution in [3.05, 3.63) is 40.1 Å². The predicted molar refractivity (Wildman–Crippen MR) is 71.7 cm³/mol. The maximum atomic E-state index is 12.4. The Balaban J connectivity index is 2.48. The van der Waals surface area contributed by atoms with Gasteiger partial charge in [0.25, 0.3) is 0 Å². The lowest BCUT2D eigenvalue weighted by atomic mass is 10.1. The van der Waals surface area contributed by atoms with Gasteiger partial charge < -0.3 is 15.2 Å². The first-order valence-electron chi connectivity index (χ1n) is 5.27. The molecule has 1 aromatic carbocycles. The van der Waals surface area contributed by atoms with Crippen molar-refractivity contribution < 1.29 is 14.3 Å². The Bertz CT molecular complexity index is 577. The second-order valence-electron chi connectivity index (χ2n) is 3.61. The second kappa shape index (κ2) is 5.10. The molecule has 1 heterocycles. The number of thiophene rings is 1. The van der Waals surface area contributed by atoms with Gasteiger partial charge in [0, 0.05) is 5.69 Å². The fourth-order valence-corrected chi connectivity index (χ4v) is 2.46. The first-order valence-corrected chi connectivity index (χ1v) is 6.15. The first kappa shape index (κ1) is 12.4. The lowest BCUT2D eigenvalue weighted by Crippen LogP contribution is -2.04. The summed E-state index contributed by atoms with van der Waals surface area (Å²) in [5.41, 5.74) is 6.67. The number of rotatable bonds is 4. The molecule has 0 aliphatic carbocycles. The maximum Gasteiger partial charge on any atom is 0.210 e. The summed E-state index contributed by atoms with van der Waals surface area (Å²) < 4.78 is 10.3. The van der Waals surface area contributed by atoms with Crippen LogP contribution in [0, 0.1) is 0 Å². The number of nitrogens with two attached hydrogens (primary N) is 1. The van der Waals surface area contributed by atoms with Crippen LogP contribution in [0.5, 0.6) is 11.5 Å². The molecule has 0 saturated heterocycles. The third-order valence-corrected chi connectivity index (χ3v) is 3.42. The second-order valence-corrected chi connectivity index (χ2v) is 4.52. The average molecular weight is 263 g/mol. The molecule has 0 unspecified atom stereocenters. The highest BCUT2D eigenvalue weighted by molar-refractivity contribution is 7.12. The van der Waals surface area contributed by atoms with Gasteiger partial charge in [-0.1, -0.05) is 0 Å². The SMILES string of the molecule is COc1ccc(N)cc1C(=O)c1sccc1OC. The summed E-state index contributed by atoms with van der Waals surface area (Å²) in [6.45, 7) is 0. The van der Waals surface area contributed by atoms with E-state index in [4.69, 9.17) is 15.2 Å². The van der Waals surface area contributed by atoms with Crippen molar-refractivity contribution in [3.63, 3.8) is 0 Å². The number of carbonyl (C=O) groups excluding carboxylic acids is 1. The first-order chi connectivity index (χ1) is 8.67. The van der Waals surface area contributed by atoms with Gasteiger partial charge in [-0.2, -0.15) is 0 Å². The van der Waals surface area contributed by atoms with E-state index in [9.17, 15) is 4.79 Å². The van der Waals surface area contributed by atoms with Gasteiger partial charge in [-0.25, -0.2) is 0 Å². The van der Waals surface area contributed by atoms with Gasteiger partial charge in [-0.05, 0) is 29.6 Å². The van der Waals surface area contributed by atoms with Crippen molar-refractivity contribution in [1.82, 2.24) is 0 Å². The van der Waals surface area contributed by atoms with Crippen LogP contribution in [0.25, 0.3) is 0 Å². The molecule has 0 aliphatic rings. The Morgan fingerprint density at radius 3 is 2.56 bits per heavy atom. The molecule has 2 aromatic rings. The van der Waals surface area contributed by atoms with Gasteiger partial charge in [0.2, 0.25) is 5.78 Å². The molecular weight excluding hydrogens is 250 g/mol. The van der Waals surface area contributed by atoms with Crippen LogP contribution in [0.1, 0.15) is 15.2 Å². The normalized spacial score (nSPS) is 10.1. The van der Waals surface area contributed by atoms with Crippen LogP contribution in [-0.2, 0) is 0 Å². The molecule has 0 fully saturated rings. The third-order valence-electron chi connectivity index (χ3n) is 2.52. The highest BCUT2D eigenvalue weighted by atomic mass is 32.1. The molecule has 0 saturated carbocycles.